The molecule has 0 saturated carbocycles. The second kappa shape index (κ2) is 5.72. The number of rotatable bonds is 3. The van der Waals surface area contributed by atoms with Gasteiger partial charge in [-0.05, 0) is 68.3 Å². The molecule has 0 bridgehead atoms. The Morgan fingerprint density at radius 1 is 1.05 bits per heavy atom. The summed E-state index contributed by atoms with van der Waals surface area (Å²) >= 11 is 1.59. The van der Waals surface area contributed by atoms with E-state index in [4.69, 9.17) is 5.73 Å². The molecule has 1 aromatic carbocycles. The minimum Gasteiger partial charge on any atom is -0.326 e. The van der Waals surface area contributed by atoms with E-state index in [1.165, 1.54) is 16.7 Å². The molecule has 19 heavy (non-hydrogen) atoms. The molecule has 0 atom stereocenters. The highest BCUT2D eigenvalue weighted by Gasteiger charge is 2.07. The molecule has 0 aliphatic carbocycles. The van der Waals surface area contributed by atoms with Crippen LogP contribution in [0.1, 0.15) is 28.1 Å². The first-order valence-electron chi connectivity index (χ1n) is 6.30. The SMILES string of the molecule is Cc1cc(Sc2nc(C)c(C)c(C)n2)ccc1CN. The molecule has 1 aromatic heterocycles. The molecular weight excluding hydrogens is 254 g/mol. The summed E-state index contributed by atoms with van der Waals surface area (Å²) < 4.78 is 0. The van der Waals surface area contributed by atoms with Crippen molar-refractivity contribution >= 4 is 11.8 Å². The molecule has 0 saturated heterocycles. The zero-order valence-corrected chi connectivity index (χ0v) is 12.6. The highest BCUT2D eigenvalue weighted by atomic mass is 32.2. The lowest BCUT2D eigenvalue weighted by atomic mass is 10.1. The molecule has 0 aliphatic heterocycles. The number of hydrogen-bond donors (Lipinski definition) is 1. The number of nitrogens with two attached hydrogens (primary N) is 1. The minimum absolute atomic E-state index is 0.579. The van der Waals surface area contributed by atoms with Gasteiger partial charge in [-0.1, -0.05) is 6.07 Å². The maximum atomic E-state index is 5.68. The van der Waals surface area contributed by atoms with E-state index in [1.807, 2.05) is 13.8 Å². The van der Waals surface area contributed by atoms with Gasteiger partial charge in [0.25, 0.3) is 0 Å². The third-order valence-corrected chi connectivity index (χ3v) is 4.21. The molecule has 2 N–H and O–H groups in total. The summed E-state index contributed by atoms with van der Waals surface area (Å²) in [7, 11) is 0. The van der Waals surface area contributed by atoms with Crippen LogP contribution in [0.15, 0.2) is 28.3 Å². The Bertz CT molecular complexity index is 585. The summed E-state index contributed by atoms with van der Waals surface area (Å²) in [5, 5.41) is 0.806. The fourth-order valence-electron chi connectivity index (χ4n) is 1.85. The lowest BCUT2D eigenvalue weighted by Gasteiger charge is -2.08. The Kier molecular flexibility index (Phi) is 4.22. The average molecular weight is 273 g/mol. The summed E-state index contributed by atoms with van der Waals surface area (Å²) in [6.07, 6.45) is 0. The van der Waals surface area contributed by atoms with Gasteiger partial charge in [-0.15, -0.1) is 0 Å². The molecule has 2 aromatic rings. The van der Waals surface area contributed by atoms with Crippen LogP contribution in [0.5, 0.6) is 0 Å². The summed E-state index contributed by atoms with van der Waals surface area (Å²) in [6, 6.07) is 6.29. The standard InChI is InChI=1S/C15H19N3S/c1-9-7-14(6-5-13(9)8-16)19-15-17-11(3)10(2)12(4)18-15/h5-7H,8,16H2,1-4H3. The van der Waals surface area contributed by atoms with Gasteiger partial charge in [0.1, 0.15) is 0 Å². The monoisotopic (exact) mass is 273 g/mol. The fraction of sp³-hybridized carbons (Fsp3) is 0.333. The summed E-state index contributed by atoms with van der Waals surface area (Å²) in [6.45, 7) is 8.77. The van der Waals surface area contributed by atoms with Gasteiger partial charge in [0.15, 0.2) is 5.16 Å². The molecule has 0 unspecified atom stereocenters. The Balaban J connectivity index is 2.29. The number of aromatic nitrogens is 2. The van der Waals surface area contributed by atoms with E-state index in [9.17, 15) is 0 Å². The first kappa shape index (κ1) is 14.0. The second-order valence-electron chi connectivity index (χ2n) is 4.70. The number of aryl methyl sites for hydroxylation is 3. The summed E-state index contributed by atoms with van der Waals surface area (Å²) in [4.78, 5) is 10.2. The van der Waals surface area contributed by atoms with Crippen molar-refractivity contribution in [2.24, 2.45) is 5.73 Å². The van der Waals surface area contributed by atoms with E-state index in [2.05, 4.69) is 42.0 Å². The van der Waals surface area contributed by atoms with Crippen molar-refractivity contribution in [3.8, 4) is 0 Å². The van der Waals surface area contributed by atoms with Crippen LogP contribution in [0, 0.1) is 27.7 Å². The molecule has 0 radical (unpaired) electrons. The molecule has 2 rings (SSSR count). The van der Waals surface area contributed by atoms with Crippen LogP contribution >= 0.6 is 11.8 Å². The zero-order chi connectivity index (χ0) is 14.0. The molecule has 0 amide bonds. The van der Waals surface area contributed by atoms with Crippen LogP contribution in [-0.4, -0.2) is 9.97 Å². The van der Waals surface area contributed by atoms with E-state index in [0.717, 1.165) is 21.4 Å². The molecule has 3 nitrogen and oxygen atoms in total. The van der Waals surface area contributed by atoms with Crippen molar-refractivity contribution in [3.63, 3.8) is 0 Å². The van der Waals surface area contributed by atoms with Crippen molar-refractivity contribution in [3.05, 3.63) is 46.3 Å². The number of hydrogen-bond acceptors (Lipinski definition) is 4. The highest BCUT2D eigenvalue weighted by molar-refractivity contribution is 7.99. The third kappa shape index (κ3) is 3.14. The highest BCUT2D eigenvalue weighted by Crippen LogP contribution is 2.27. The van der Waals surface area contributed by atoms with Gasteiger partial charge in [0.2, 0.25) is 0 Å². The van der Waals surface area contributed by atoms with E-state index in [0.29, 0.717) is 6.54 Å². The minimum atomic E-state index is 0.579. The topological polar surface area (TPSA) is 51.8 Å². The van der Waals surface area contributed by atoms with Gasteiger partial charge in [0, 0.05) is 22.8 Å². The van der Waals surface area contributed by atoms with Crippen molar-refractivity contribution < 1.29 is 0 Å². The third-order valence-electron chi connectivity index (χ3n) is 3.36. The maximum Gasteiger partial charge on any atom is 0.192 e. The second-order valence-corrected chi connectivity index (χ2v) is 5.74. The van der Waals surface area contributed by atoms with Crippen molar-refractivity contribution in [2.75, 3.05) is 0 Å². The lowest BCUT2D eigenvalue weighted by Crippen LogP contribution is -1.99. The van der Waals surface area contributed by atoms with Gasteiger partial charge in [-0.3, -0.25) is 0 Å². The van der Waals surface area contributed by atoms with Crippen LogP contribution in [0.2, 0.25) is 0 Å². The van der Waals surface area contributed by atoms with Crippen LogP contribution in [-0.2, 0) is 6.54 Å². The Morgan fingerprint density at radius 3 is 2.21 bits per heavy atom. The Hall–Kier alpha value is -1.39. The van der Waals surface area contributed by atoms with Crippen LogP contribution in [0.25, 0.3) is 0 Å². The first-order chi connectivity index (χ1) is 9.01. The molecule has 0 aliphatic rings. The largest absolute Gasteiger partial charge is 0.326 e. The van der Waals surface area contributed by atoms with Crippen LogP contribution in [0.4, 0.5) is 0 Å². The van der Waals surface area contributed by atoms with Gasteiger partial charge < -0.3 is 5.73 Å². The molecular formula is C15H19N3S. The molecule has 1 heterocycles. The molecule has 0 fully saturated rings. The maximum absolute atomic E-state index is 5.68. The predicted octanol–water partition coefficient (Wildman–Crippen LogP) is 3.32. The van der Waals surface area contributed by atoms with Crippen molar-refractivity contribution in [1.82, 2.24) is 9.97 Å². The molecule has 4 heteroatoms. The Labute approximate surface area is 118 Å². The zero-order valence-electron chi connectivity index (χ0n) is 11.8. The van der Waals surface area contributed by atoms with Crippen LogP contribution < -0.4 is 5.73 Å². The van der Waals surface area contributed by atoms with Gasteiger partial charge >= 0.3 is 0 Å². The van der Waals surface area contributed by atoms with Gasteiger partial charge in [0.05, 0.1) is 0 Å². The number of benzene rings is 1. The van der Waals surface area contributed by atoms with Crippen molar-refractivity contribution in [1.29, 1.82) is 0 Å². The molecule has 0 spiro atoms. The molecule has 100 valence electrons. The number of nitrogens with zero attached hydrogens (tertiary/aromatic N) is 2. The van der Waals surface area contributed by atoms with E-state index in [-0.39, 0.29) is 0 Å². The van der Waals surface area contributed by atoms with Crippen LogP contribution in [0.3, 0.4) is 0 Å². The quantitative estimate of drug-likeness (QED) is 0.872. The van der Waals surface area contributed by atoms with E-state index in [1.54, 1.807) is 11.8 Å². The first-order valence-corrected chi connectivity index (χ1v) is 7.12. The summed E-state index contributed by atoms with van der Waals surface area (Å²) in [5.74, 6) is 0. The summed E-state index contributed by atoms with van der Waals surface area (Å²) in [5.41, 5.74) is 11.3. The lowest BCUT2D eigenvalue weighted by molar-refractivity contribution is 0.881. The van der Waals surface area contributed by atoms with E-state index < -0.39 is 0 Å². The average Bonchev–Trinajstić information content (AvgIpc) is 2.36. The smallest absolute Gasteiger partial charge is 0.192 e. The van der Waals surface area contributed by atoms with Crippen molar-refractivity contribution in [2.45, 2.75) is 44.3 Å². The van der Waals surface area contributed by atoms with Gasteiger partial charge in [-0.25, -0.2) is 9.97 Å². The van der Waals surface area contributed by atoms with Gasteiger partial charge in [-0.2, -0.15) is 0 Å². The Morgan fingerprint density at radius 2 is 1.68 bits per heavy atom. The fourth-order valence-corrected chi connectivity index (χ4v) is 2.80. The van der Waals surface area contributed by atoms with E-state index >= 15 is 0 Å². The normalized spacial score (nSPS) is 10.8. The predicted molar refractivity (Wildman–Crippen MR) is 79.4 cm³/mol.